The molecule has 1 saturated heterocycles. The van der Waals surface area contributed by atoms with Gasteiger partial charge in [0.2, 0.25) is 5.91 Å². The number of piperazine rings is 1. The minimum Gasteiger partial charge on any atom is -0.383 e. The molecule has 2 rings (SSSR count). The highest BCUT2D eigenvalue weighted by Crippen LogP contribution is 2.23. The Morgan fingerprint density at radius 3 is 2.70 bits per heavy atom. The molecule has 0 saturated carbocycles. The van der Waals surface area contributed by atoms with Gasteiger partial charge in [0.05, 0.1) is 18.2 Å². The van der Waals surface area contributed by atoms with Crippen molar-refractivity contribution in [2.45, 2.75) is 13.0 Å². The van der Waals surface area contributed by atoms with Gasteiger partial charge in [-0.05, 0) is 18.4 Å². The van der Waals surface area contributed by atoms with Crippen molar-refractivity contribution in [2.75, 3.05) is 51.8 Å². The third-order valence-electron chi connectivity index (χ3n) is 4.11. The smallest absolute Gasteiger partial charge is 0.251 e. The van der Waals surface area contributed by atoms with Crippen LogP contribution >= 0.6 is 11.3 Å². The number of carbonyl (C=O) groups excluding carboxylic acids is 2. The predicted molar refractivity (Wildman–Crippen MR) is 90.8 cm³/mol. The third-order valence-corrected chi connectivity index (χ3v) is 4.94. The van der Waals surface area contributed by atoms with Crippen LogP contribution in [0.1, 0.15) is 17.3 Å². The summed E-state index contributed by atoms with van der Waals surface area (Å²) in [4.78, 5) is 28.2. The van der Waals surface area contributed by atoms with Crippen LogP contribution in [0.15, 0.2) is 11.4 Å². The van der Waals surface area contributed by atoms with E-state index in [4.69, 9.17) is 10.5 Å². The highest BCUT2D eigenvalue weighted by molar-refractivity contribution is 7.14. The molecule has 1 aromatic rings. The third kappa shape index (κ3) is 4.74. The maximum Gasteiger partial charge on any atom is 0.251 e. The molecule has 1 aromatic heterocycles. The Hall–Kier alpha value is -1.48. The predicted octanol–water partition coefficient (Wildman–Crippen LogP) is 0.438. The second-order valence-corrected chi connectivity index (χ2v) is 6.48. The van der Waals surface area contributed by atoms with Gasteiger partial charge in [0, 0.05) is 39.8 Å². The lowest BCUT2D eigenvalue weighted by molar-refractivity contribution is -0.121. The second kappa shape index (κ2) is 8.39. The number of hydrogen-bond donors (Lipinski definition) is 2. The lowest BCUT2D eigenvalue weighted by Crippen LogP contribution is -2.53. The van der Waals surface area contributed by atoms with Crippen LogP contribution in [0.4, 0.5) is 5.00 Å². The Balaban J connectivity index is 1.86. The van der Waals surface area contributed by atoms with Crippen LogP contribution in [0, 0.1) is 0 Å². The fraction of sp³-hybridized carbons (Fsp3) is 0.600. The van der Waals surface area contributed by atoms with Gasteiger partial charge in [-0.25, -0.2) is 0 Å². The highest BCUT2D eigenvalue weighted by Gasteiger charge is 2.26. The number of nitrogens with two attached hydrogens (primary N) is 1. The number of rotatable bonds is 7. The van der Waals surface area contributed by atoms with E-state index in [0.717, 1.165) is 39.3 Å². The summed E-state index contributed by atoms with van der Waals surface area (Å²) < 4.78 is 5.09. The van der Waals surface area contributed by atoms with Crippen molar-refractivity contribution < 1.29 is 14.3 Å². The fourth-order valence-electron chi connectivity index (χ4n) is 2.58. The molecule has 0 radical (unpaired) electrons. The standard InChI is InChI=1S/C15H24N4O3S/c1-11(19-6-4-18(5-7-19)8-9-22-2)14(21)17-15-12(13(16)20)3-10-23-15/h3,10-11H,4-9H2,1-2H3,(H2,16,20)(H,17,21)/t11-/m1/s1. The molecule has 2 amide bonds. The number of anilines is 1. The number of hydrogen-bond acceptors (Lipinski definition) is 6. The number of nitrogens with zero attached hydrogens (tertiary/aromatic N) is 2. The molecule has 128 valence electrons. The summed E-state index contributed by atoms with van der Waals surface area (Å²) in [6, 6.07) is 1.38. The van der Waals surface area contributed by atoms with E-state index in [-0.39, 0.29) is 11.9 Å². The van der Waals surface area contributed by atoms with Crippen molar-refractivity contribution in [3.8, 4) is 0 Å². The molecule has 2 heterocycles. The van der Waals surface area contributed by atoms with Gasteiger partial charge in [-0.2, -0.15) is 0 Å². The molecule has 1 atom stereocenters. The number of ether oxygens (including phenoxy) is 1. The molecular weight excluding hydrogens is 316 g/mol. The van der Waals surface area contributed by atoms with E-state index >= 15 is 0 Å². The number of nitrogens with one attached hydrogen (secondary N) is 1. The molecule has 0 unspecified atom stereocenters. The van der Waals surface area contributed by atoms with Gasteiger partial charge in [-0.15, -0.1) is 11.3 Å². The highest BCUT2D eigenvalue weighted by atomic mass is 32.1. The van der Waals surface area contributed by atoms with Crippen LogP contribution in [0.25, 0.3) is 0 Å². The first-order valence-corrected chi connectivity index (χ1v) is 8.54. The van der Waals surface area contributed by atoms with Crippen LogP contribution < -0.4 is 11.1 Å². The topological polar surface area (TPSA) is 87.9 Å². The summed E-state index contributed by atoms with van der Waals surface area (Å²) in [5.74, 6) is -0.638. The summed E-state index contributed by atoms with van der Waals surface area (Å²) >= 11 is 1.31. The van der Waals surface area contributed by atoms with Gasteiger partial charge >= 0.3 is 0 Å². The molecule has 1 aliphatic heterocycles. The van der Waals surface area contributed by atoms with Crippen LogP contribution in [0.3, 0.4) is 0 Å². The van der Waals surface area contributed by atoms with Crippen LogP contribution in [0.2, 0.25) is 0 Å². The Morgan fingerprint density at radius 1 is 1.39 bits per heavy atom. The minimum absolute atomic E-state index is 0.111. The summed E-state index contributed by atoms with van der Waals surface area (Å²) in [6.45, 7) is 7.06. The Kier molecular flexibility index (Phi) is 6.52. The van der Waals surface area contributed by atoms with E-state index < -0.39 is 5.91 Å². The van der Waals surface area contributed by atoms with Gasteiger partial charge in [-0.3, -0.25) is 19.4 Å². The summed E-state index contributed by atoms with van der Waals surface area (Å²) in [5, 5.41) is 5.08. The molecule has 8 heteroatoms. The van der Waals surface area contributed by atoms with Crippen molar-refractivity contribution in [3.05, 3.63) is 17.0 Å². The van der Waals surface area contributed by atoms with Crippen molar-refractivity contribution in [1.82, 2.24) is 9.80 Å². The van der Waals surface area contributed by atoms with E-state index in [0.29, 0.717) is 10.6 Å². The number of carbonyl (C=O) groups is 2. The molecule has 0 aliphatic carbocycles. The molecule has 3 N–H and O–H groups in total. The van der Waals surface area contributed by atoms with Crippen molar-refractivity contribution >= 4 is 28.2 Å². The van der Waals surface area contributed by atoms with Crippen LogP contribution in [-0.2, 0) is 9.53 Å². The van der Waals surface area contributed by atoms with Crippen molar-refractivity contribution in [2.24, 2.45) is 5.73 Å². The van der Waals surface area contributed by atoms with E-state index in [9.17, 15) is 9.59 Å². The van der Waals surface area contributed by atoms with Gasteiger partial charge in [-0.1, -0.05) is 0 Å². The molecular formula is C15H24N4O3S. The SMILES string of the molecule is COCCN1CCN([C@H](C)C(=O)Nc2sccc2C(N)=O)CC1. The second-order valence-electron chi connectivity index (χ2n) is 5.56. The van der Waals surface area contributed by atoms with Crippen molar-refractivity contribution in [3.63, 3.8) is 0 Å². The van der Waals surface area contributed by atoms with E-state index in [1.807, 2.05) is 6.92 Å². The van der Waals surface area contributed by atoms with Crippen LogP contribution in [0.5, 0.6) is 0 Å². The molecule has 0 spiro atoms. The zero-order valence-corrected chi connectivity index (χ0v) is 14.4. The molecule has 1 fully saturated rings. The lowest BCUT2D eigenvalue weighted by Gasteiger charge is -2.37. The monoisotopic (exact) mass is 340 g/mol. The number of methoxy groups -OCH3 is 1. The summed E-state index contributed by atoms with van der Waals surface area (Å²) in [6.07, 6.45) is 0. The Morgan fingerprint density at radius 2 is 2.09 bits per heavy atom. The Bertz CT molecular complexity index is 541. The van der Waals surface area contributed by atoms with E-state index in [1.54, 1.807) is 18.6 Å². The minimum atomic E-state index is -0.527. The number of thiophene rings is 1. The average Bonchev–Trinajstić information content (AvgIpc) is 3.01. The zero-order chi connectivity index (χ0) is 16.8. The van der Waals surface area contributed by atoms with E-state index in [2.05, 4.69) is 15.1 Å². The maximum atomic E-state index is 12.4. The molecule has 7 nitrogen and oxygen atoms in total. The van der Waals surface area contributed by atoms with E-state index in [1.165, 1.54) is 11.3 Å². The molecule has 0 bridgehead atoms. The first-order valence-electron chi connectivity index (χ1n) is 7.66. The quantitative estimate of drug-likeness (QED) is 0.752. The lowest BCUT2D eigenvalue weighted by atomic mass is 10.2. The normalized spacial score (nSPS) is 17.8. The van der Waals surface area contributed by atoms with Gasteiger partial charge < -0.3 is 15.8 Å². The van der Waals surface area contributed by atoms with Crippen LogP contribution in [-0.4, -0.2) is 74.1 Å². The molecule has 1 aliphatic rings. The first-order chi connectivity index (χ1) is 11.0. The summed E-state index contributed by atoms with van der Waals surface area (Å²) in [7, 11) is 1.70. The average molecular weight is 340 g/mol. The summed E-state index contributed by atoms with van der Waals surface area (Å²) in [5.41, 5.74) is 5.66. The van der Waals surface area contributed by atoms with Crippen molar-refractivity contribution in [1.29, 1.82) is 0 Å². The van der Waals surface area contributed by atoms with Gasteiger partial charge in [0.1, 0.15) is 5.00 Å². The number of amides is 2. The van der Waals surface area contributed by atoms with Gasteiger partial charge in [0.25, 0.3) is 5.91 Å². The molecule has 23 heavy (non-hydrogen) atoms. The largest absolute Gasteiger partial charge is 0.383 e. The maximum absolute atomic E-state index is 12.4. The first kappa shape index (κ1) is 17.9. The zero-order valence-electron chi connectivity index (χ0n) is 13.6. The number of primary amides is 1. The van der Waals surface area contributed by atoms with Gasteiger partial charge in [0.15, 0.2) is 0 Å². The fourth-order valence-corrected chi connectivity index (χ4v) is 3.37. The molecule has 0 aromatic carbocycles. The Labute approximate surface area is 140 Å².